The van der Waals surface area contributed by atoms with Crippen molar-refractivity contribution in [1.29, 1.82) is 0 Å². The Labute approximate surface area is 140 Å². The zero-order valence-corrected chi connectivity index (χ0v) is 13.2. The fourth-order valence-corrected chi connectivity index (χ4v) is 2.69. The molecule has 1 unspecified atom stereocenters. The number of carbonyl (C=O) groups is 2. The lowest BCUT2D eigenvalue weighted by atomic mass is 10.1. The van der Waals surface area contributed by atoms with Crippen molar-refractivity contribution >= 4 is 23.2 Å². The van der Waals surface area contributed by atoms with Crippen LogP contribution in [0.15, 0.2) is 60.9 Å². The van der Waals surface area contributed by atoms with E-state index in [-0.39, 0.29) is 11.8 Å². The van der Waals surface area contributed by atoms with Crippen LogP contribution >= 0.6 is 0 Å². The van der Waals surface area contributed by atoms with E-state index in [0.29, 0.717) is 29.3 Å². The van der Waals surface area contributed by atoms with Crippen LogP contribution in [0.25, 0.3) is 0 Å². The number of amides is 2. The summed E-state index contributed by atoms with van der Waals surface area (Å²) in [5.74, 6) is 0.0865. The van der Waals surface area contributed by atoms with Crippen LogP contribution in [0.5, 0.6) is 0 Å². The summed E-state index contributed by atoms with van der Waals surface area (Å²) >= 11 is 0. The number of pyridine rings is 1. The lowest BCUT2D eigenvalue weighted by Gasteiger charge is -2.10. The zero-order valence-electron chi connectivity index (χ0n) is 13.2. The number of carbonyl (C=O) groups excluding carboxylic acids is 2. The molecule has 0 saturated carbocycles. The van der Waals surface area contributed by atoms with Gasteiger partial charge in [0.15, 0.2) is 0 Å². The van der Waals surface area contributed by atoms with E-state index in [9.17, 15) is 9.59 Å². The van der Waals surface area contributed by atoms with Crippen LogP contribution in [-0.4, -0.2) is 16.8 Å². The maximum atomic E-state index is 12.1. The number of benzene rings is 1. The van der Waals surface area contributed by atoms with Gasteiger partial charge in [0, 0.05) is 30.2 Å². The molecule has 0 aliphatic heterocycles. The fraction of sp³-hybridized carbons (Fsp3) is 0.211. The van der Waals surface area contributed by atoms with Gasteiger partial charge in [0.05, 0.1) is 5.56 Å². The summed E-state index contributed by atoms with van der Waals surface area (Å²) in [6.45, 7) is 0. The minimum atomic E-state index is -0.234. The monoisotopic (exact) mass is 321 g/mol. The Bertz CT molecular complexity index is 756. The molecule has 2 amide bonds. The molecule has 0 bridgehead atoms. The molecule has 24 heavy (non-hydrogen) atoms. The minimum Gasteiger partial charge on any atom is -0.326 e. The van der Waals surface area contributed by atoms with Crippen molar-refractivity contribution in [2.24, 2.45) is 5.92 Å². The van der Waals surface area contributed by atoms with Gasteiger partial charge in [0.2, 0.25) is 5.91 Å². The summed E-state index contributed by atoms with van der Waals surface area (Å²) < 4.78 is 0. The first-order valence-electron chi connectivity index (χ1n) is 7.98. The van der Waals surface area contributed by atoms with Crippen LogP contribution in [0.2, 0.25) is 0 Å². The van der Waals surface area contributed by atoms with Gasteiger partial charge in [0.25, 0.3) is 5.91 Å². The number of nitrogens with one attached hydrogen (secondary N) is 2. The molecule has 1 aliphatic rings. The van der Waals surface area contributed by atoms with Gasteiger partial charge in [0.1, 0.15) is 0 Å². The molecule has 0 fully saturated rings. The van der Waals surface area contributed by atoms with E-state index >= 15 is 0 Å². The highest BCUT2D eigenvalue weighted by atomic mass is 16.2. The van der Waals surface area contributed by atoms with Crippen molar-refractivity contribution in [2.45, 2.75) is 19.3 Å². The maximum Gasteiger partial charge on any atom is 0.257 e. The zero-order chi connectivity index (χ0) is 16.8. The van der Waals surface area contributed by atoms with E-state index in [1.54, 1.807) is 36.5 Å². The van der Waals surface area contributed by atoms with Crippen LogP contribution < -0.4 is 10.6 Å². The Balaban J connectivity index is 1.60. The standard InChI is InChI=1S/C19H19N3O2/c23-18(11-14-5-1-2-6-14)21-16-8-3-9-17(12-16)22-19(24)15-7-4-10-20-13-15/h1,3-5,7-10,12-14H,2,6,11H2,(H,21,23)(H,22,24). The predicted molar refractivity (Wildman–Crippen MR) is 93.7 cm³/mol. The van der Waals surface area contributed by atoms with E-state index in [1.165, 1.54) is 6.20 Å². The molecule has 2 aromatic rings. The van der Waals surface area contributed by atoms with E-state index < -0.39 is 0 Å². The van der Waals surface area contributed by atoms with Crippen LogP contribution in [0, 0.1) is 5.92 Å². The molecule has 2 N–H and O–H groups in total. The predicted octanol–water partition coefficient (Wildman–Crippen LogP) is 3.63. The van der Waals surface area contributed by atoms with Crippen molar-refractivity contribution in [2.75, 3.05) is 10.6 Å². The number of hydrogen-bond acceptors (Lipinski definition) is 3. The third-order valence-electron chi connectivity index (χ3n) is 3.89. The molecule has 0 spiro atoms. The van der Waals surface area contributed by atoms with Gasteiger partial charge in [-0.05, 0) is 49.1 Å². The Morgan fingerprint density at radius 2 is 1.96 bits per heavy atom. The third-order valence-corrected chi connectivity index (χ3v) is 3.89. The molecule has 1 aromatic carbocycles. The molecule has 122 valence electrons. The molecule has 1 atom stereocenters. The molecule has 5 heteroatoms. The number of allylic oxidation sites excluding steroid dienone is 2. The van der Waals surface area contributed by atoms with Gasteiger partial charge in [-0.15, -0.1) is 0 Å². The SMILES string of the molecule is O=C(CC1C=CCC1)Nc1cccc(NC(=O)c2cccnc2)c1. The largest absolute Gasteiger partial charge is 0.326 e. The Morgan fingerprint density at radius 1 is 1.12 bits per heavy atom. The van der Waals surface area contributed by atoms with E-state index in [0.717, 1.165) is 12.8 Å². The average Bonchev–Trinajstić information content (AvgIpc) is 3.08. The highest BCUT2D eigenvalue weighted by Crippen LogP contribution is 2.22. The average molecular weight is 321 g/mol. The second-order valence-electron chi connectivity index (χ2n) is 5.79. The van der Waals surface area contributed by atoms with E-state index in [2.05, 4.69) is 27.8 Å². The fourth-order valence-electron chi connectivity index (χ4n) is 2.69. The number of nitrogens with zero attached hydrogens (tertiary/aromatic N) is 1. The van der Waals surface area contributed by atoms with Crippen molar-refractivity contribution in [1.82, 2.24) is 4.98 Å². The van der Waals surface area contributed by atoms with Gasteiger partial charge < -0.3 is 10.6 Å². The topological polar surface area (TPSA) is 71.1 Å². The van der Waals surface area contributed by atoms with Gasteiger partial charge in [-0.25, -0.2) is 0 Å². The number of hydrogen-bond donors (Lipinski definition) is 2. The van der Waals surface area contributed by atoms with E-state index in [1.807, 2.05) is 6.07 Å². The number of aromatic nitrogens is 1. The third kappa shape index (κ3) is 4.29. The van der Waals surface area contributed by atoms with Gasteiger partial charge >= 0.3 is 0 Å². The van der Waals surface area contributed by atoms with Crippen molar-refractivity contribution in [3.05, 3.63) is 66.5 Å². The molecule has 3 rings (SSSR count). The molecule has 0 radical (unpaired) electrons. The number of rotatable bonds is 5. The molecule has 1 aromatic heterocycles. The van der Waals surface area contributed by atoms with Gasteiger partial charge in [-0.2, -0.15) is 0 Å². The molecule has 0 saturated heterocycles. The first kappa shape index (κ1) is 15.9. The maximum absolute atomic E-state index is 12.1. The van der Waals surface area contributed by atoms with Crippen molar-refractivity contribution in [3.8, 4) is 0 Å². The Kier molecular flexibility index (Phi) is 5.01. The normalized spacial score (nSPS) is 15.9. The first-order chi connectivity index (χ1) is 11.7. The summed E-state index contributed by atoms with van der Waals surface area (Å²) in [5, 5.41) is 5.69. The second kappa shape index (κ2) is 7.55. The molecule has 5 nitrogen and oxygen atoms in total. The van der Waals surface area contributed by atoms with Gasteiger partial charge in [-0.1, -0.05) is 18.2 Å². The Morgan fingerprint density at radius 3 is 2.67 bits per heavy atom. The summed E-state index contributed by atoms with van der Waals surface area (Å²) in [6.07, 6.45) is 9.92. The highest BCUT2D eigenvalue weighted by molar-refractivity contribution is 6.04. The second-order valence-corrected chi connectivity index (χ2v) is 5.79. The molecular weight excluding hydrogens is 302 g/mol. The van der Waals surface area contributed by atoms with Crippen LogP contribution in [0.4, 0.5) is 11.4 Å². The van der Waals surface area contributed by atoms with Crippen molar-refractivity contribution in [3.63, 3.8) is 0 Å². The first-order valence-corrected chi connectivity index (χ1v) is 7.98. The highest BCUT2D eigenvalue weighted by Gasteiger charge is 2.14. The van der Waals surface area contributed by atoms with Crippen LogP contribution in [0.1, 0.15) is 29.6 Å². The summed E-state index contributed by atoms with van der Waals surface area (Å²) in [6, 6.07) is 10.5. The lowest BCUT2D eigenvalue weighted by molar-refractivity contribution is -0.116. The molecule has 1 aliphatic carbocycles. The molecule has 1 heterocycles. The summed E-state index contributed by atoms with van der Waals surface area (Å²) in [4.78, 5) is 28.1. The molecular formula is C19H19N3O2. The van der Waals surface area contributed by atoms with Crippen molar-refractivity contribution < 1.29 is 9.59 Å². The van der Waals surface area contributed by atoms with Crippen LogP contribution in [0.3, 0.4) is 0 Å². The van der Waals surface area contributed by atoms with Crippen LogP contribution in [-0.2, 0) is 4.79 Å². The lowest BCUT2D eigenvalue weighted by Crippen LogP contribution is -2.15. The summed E-state index contributed by atoms with van der Waals surface area (Å²) in [7, 11) is 0. The number of anilines is 2. The van der Waals surface area contributed by atoms with Gasteiger partial charge in [-0.3, -0.25) is 14.6 Å². The quantitative estimate of drug-likeness (QED) is 0.826. The van der Waals surface area contributed by atoms with E-state index in [4.69, 9.17) is 0 Å². The minimum absolute atomic E-state index is 0.0118. The Hall–Kier alpha value is -2.95. The smallest absolute Gasteiger partial charge is 0.257 e. The summed E-state index contributed by atoms with van der Waals surface area (Å²) in [5.41, 5.74) is 1.79.